The topological polar surface area (TPSA) is 16.4 Å². The van der Waals surface area contributed by atoms with Crippen molar-refractivity contribution in [2.24, 2.45) is 0 Å². The van der Waals surface area contributed by atoms with Gasteiger partial charge in [-0.25, -0.2) is 0 Å². The van der Waals surface area contributed by atoms with Crippen LogP contribution in [0, 0.1) is 0 Å². The summed E-state index contributed by atoms with van der Waals surface area (Å²) in [4.78, 5) is 2.37. The minimum absolute atomic E-state index is 0.871. The number of fused-ring (bicyclic) bond motifs is 9. The molecule has 0 radical (unpaired) electrons. The highest BCUT2D eigenvalue weighted by Crippen LogP contribution is 2.45. The summed E-state index contributed by atoms with van der Waals surface area (Å²) in [6.45, 7) is 0. The Kier molecular flexibility index (Phi) is 7.75. The number of rotatable bonds is 6. The second-order valence-electron chi connectivity index (χ2n) is 15.3. The van der Waals surface area contributed by atoms with Crippen molar-refractivity contribution in [3.63, 3.8) is 0 Å². The van der Waals surface area contributed by atoms with Gasteiger partial charge in [0, 0.05) is 42.3 Å². The van der Waals surface area contributed by atoms with Gasteiger partial charge in [-0.1, -0.05) is 152 Å². The normalized spacial score (nSPS) is 11.7. The molecule has 0 saturated heterocycles. The predicted octanol–water partition coefficient (Wildman–Crippen LogP) is 16.7. The SMILES string of the molecule is c1ccc2cc(-c3ccc(-c4ccc(N(c5ccc(-c6ccc7c(c6)sc6ccccc67)cc5)c5cccc6oc7c8ccccc8ccc7c56)cc4)cc3)ccc2c1. The molecular weight excluding hydrogens is 735 g/mol. The molecule has 12 aromatic rings. The van der Waals surface area contributed by atoms with Crippen LogP contribution >= 0.6 is 11.3 Å². The maximum absolute atomic E-state index is 6.68. The molecule has 59 heavy (non-hydrogen) atoms. The maximum Gasteiger partial charge on any atom is 0.143 e. The quantitative estimate of drug-likeness (QED) is 0.167. The van der Waals surface area contributed by atoms with Gasteiger partial charge >= 0.3 is 0 Å². The third kappa shape index (κ3) is 5.70. The molecule has 2 heterocycles. The largest absolute Gasteiger partial charge is 0.455 e. The lowest BCUT2D eigenvalue weighted by atomic mass is 9.98. The Bertz CT molecular complexity index is 3540. The molecule has 276 valence electrons. The first-order chi connectivity index (χ1) is 29.2. The van der Waals surface area contributed by atoms with Gasteiger partial charge < -0.3 is 9.32 Å². The molecule has 0 spiro atoms. The molecular formula is C56H35NOS. The summed E-state index contributed by atoms with van der Waals surface area (Å²) in [6, 6.07) is 76.9. The molecule has 3 heteroatoms. The van der Waals surface area contributed by atoms with Crippen LogP contribution in [0.3, 0.4) is 0 Å². The number of thiophene rings is 1. The Labute approximate surface area is 345 Å². The molecule has 12 rings (SSSR count). The Morgan fingerprint density at radius 2 is 0.864 bits per heavy atom. The van der Waals surface area contributed by atoms with E-state index < -0.39 is 0 Å². The second-order valence-corrected chi connectivity index (χ2v) is 16.4. The zero-order valence-electron chi connectivity index (χ0n) is 32.0. The summed E-state index contributed by atoms with van der Waals surface area (Å²) < 4.78 is 9.31. The zero-order valence-corrected chi connectivity index (χ0v) is 32.8. The highest BCUT2D eigenvalue weighted by atomic mass is 32.1. The van der Waals surface area contributed by atoms with Gasteiger partial charge in [-0.3, -0.25) is 0 Å². The van der Waals surface area contributed by atoms with Crippen LogP contribution in [-0.4, -0.2) is 0 Å². The van der Waals surface area contributed by atoms with Crippen LogP contribution in [0.4, 0.5) is 17.1 Å². The van der Waals surface area contributed by atoms with Crippen molar-refractivity contribution in [2.75, 3.05) is 4.90 Å². The molecule has 0 unspecified atom stereocenters. The molecule has 0 bridgehead atoms. The van der Waals surface area contributed by atoms with Crippen LogP contribution in [0.1, 0.15) is 0 Å². The second kappa shape index (κ2) is 13.6. The number of benzene rings is 10. The van der Waals surface area contributed by atoms with E-state index in [0.29, 0.717) is 0 Å². The van der Waals surface area contributed by atoms with Gasteiger partial charge in [-0.2, -0.15) is 0 Å². The smallest absolute Gasteiger partial charge is 0.143 e. The van der Waals surface area contributed by atoms with E-state index in [0.717, 1.165) is 44.4 Å². The van der Waals surface area contributed by atoms with E-state index in [1.807, 2.05) is 11.3 Å². The molecule has 0 fully saturated rings. The molecule has 2 aromatic heterocycles. The number of nitrogens with zero attached hydrogens (tertiary/aromatic N) is 1. The van der Waals surface area contributed by atoms with E-state index in [1.54, 1.807) is 0 Å². The average molecular weight is 770 g/mol. The molecule has 0 aliphatic rings. The molecule has 2 nitrogen and oxygen atoms in total. The summed E-state index contributed by atoms with van der Waals surface area (Å²) in [5.41, 5.74) is 12.2. The van der Waals surface area contributed by atoms with Gasteiger partial charge in [0.2, 0.25) is 0 Å². The standard InChI is InChI=1S/C56H35NOS/c1-2-10-42-34-43(21-20-36(42)8-1)39-18-16-37(17-19-39)38-22-28-45(29-23-38)57(51-13-7-14-52-55(51)50-33-26-41-9-3-4-11-47(41)56(50)58-52)46-30-24-40(25-31-46)44-27-32-49-48-12-5-6-15-53(48)59-54(49)35-44/h1-35H. The van der Waals surface area contributed by atoms with Crippen molar-refractivity contribution >= 4 is 92.1 Å². The Morgan fingerprint density at radius 3 is 1.61 bits per heavy atom. The van der Waals surface area contributed by atoms with E-state index in [4.69, 9.17) is 4.42 Å². The minimum Gasteiger partial charge on any atom is -0.455 e. The Hall–Kier alpha value is -7.46. The Balaban J connectivity index is 0.948. The highest BCUT2D eigenvalue weighted by molar-refractivity contribution is 7.25. The fourth-order valence-corrected chi connectivity index (χ4v) is 10.0. The molecule has 0 amide bonds. The van der Waals surface area contributed by atoms with Crippen LogP contribution < -0.4 is 4.90 Å². The van der Waals surface area contributed by atoms with Crippen LogP contribution in [-0.2, 0) is 0 Å². The predicted molar refractivity (Wildman–Crippen MR) is 253 cm³/mol. The van der Waals surface area contributed by atoms with Crippen LogP contribution in [0.25, 0.3) is 97.0 Å². The average Bonchev–Trinajstić information content (AvgIpc) is 3.88. The van der Waals surface area contributed by atoms with Gasteiger partial charge in [0.25, 0.3) is 0 Å². The van der Waals surface area contributed by atoms with E-state index in [-0.39, 0.29) is 0 Å². The first-order valence-corrected chi connectivity index (χ1v) is 20.9. The molecule has 0 atom stereocenters. The van der Waals surface area contributed by atoms with Crippen LogP contribution in [0.5, 0.6) is 0 Å². The van der Waals surface area contributed by atoms with Crippen molar-refractivity contribution in [1.82, 2.24) is 0 Å². The highest BCUT2D eigenvalue weighted by Gasteiger charge is 2.21. The number of hydrogen-bond acceptors (Lipinski definition) is 3. The number of anilines is 3. The Morgan fingerprint density at radius 1 is 0.339 bits per heavy atom. The summed E-state index contributed by atoms with van der Waals surface area (Å²) in [5, 5.41) is 9.64. The molecule has 0 saturated carbocycles. The van der Waals surface area contributed by atoms with Crippen molar-refractivity contribution in [3.05, 3.63) is 212 Å². The lowest BCUT2D eigenvalue weighted by molar-refractivity contribution is 0.672. The molecule has 10 aromatic carbocycles. The van der Waals surface area contributed by atoms with Crippen molar-refractivity contribution < 1.29 is 4.42 Å². The van der Waals surface area contributed by atoms with E-state index in [9.17, 15) is 0 Å². The van der Waals surface area contributed by atoms with Gasteiger partial charge in [0.05, 0.1) is 11.1 Å². The molecule has 0 aliphatic heterocycles. The summed E-state index contributed by atoms with van der Waals surface area (Å²) >= 11 is 1.86. The third-order valence-corrected chi connectivity index (χ3v) is 13.0. The number of furan rings is 1. The van der Waals surface area contributed by atoms with Gasteiger partial charge in [-0.15, -0.1) is 11.3 Å². The van der Waals surface area contributed by atoms with Crippen molar-refractivity contribution in [3.8, 4) is 33.4 Å². The summed E-state index contributed by atoms with van der Waals surface area (Å²) in [7, 11) is 0. The first kappa shape index (κ1) is 33.7. The summed E-state index contributed by atoms with van der Waals surface area (Å²) in [6.07, 6.45) is 0. The number of hydrogen-bond donors (Lipinski definition) is 0. The lowest BCUT2D eigenvalue weighted by Gasteiger charge is -2.26. The fraction of sp³-hybridized carbons (Fsp3) is 0. The van der Waals surface area contributed by atoms with E-state index in [2.05, 4.69) is 217 Å². The first-order valence-electron chi connectivity index (χ1n) is 20.1. The fourth-order valence-electron chi connectivity index (χ4n) is 8.88. The monoisotopic (exact) mass is 769 g/mol. The zero-order chi connectivity index (χ0) is 38.9. The van der Waals surface area contributed by atoms with Crippen LogP contribution in [0.15, 0.2) is 217 Å². The van der Waals surface area contributed by atoms with Crippen LogP contribution in [0.2, 0.25) is 0 Å². The molecule has 0 aliphatic carbocycles. The van der Waals surface area contributed by atoms with E-state index in [1.165, 1.54) is 69.7 Å². The summed E-state index contributed by atoms with van der Waals surface area (Å²) in [5.74, 6) is 0. The minimum atomic E-state index is 0.871. The van der Waals surface area contributed by atoms with Crippen molar-refractivity contribution in [2.45, 2.75) is 0 Å². The van der Waals surface area contributed by atoms with Gasteiger partial charge in [0.15, 0.2) is 0 Å². The van der Waals surface area contributed by atoms with Gasteiger partial charge in [-0.05, 0) is 110 Å². The lowest BCUT2D eigenvalue weighted by Crippen LogP contribution is -2.10. The van der Waals surface area contributed by atoms with E-state index >= 15 is 0 Å². The third-order valence-electron chi connectivity index (χ3n) is 11.9. The maximum atomic E-state index is 6.68. The van der Waals surface area contributed by atoms with Gasteiger partial charge in [0.1, 0.15) is 11.2 Å². The van der Waals surface area contributed by atoms with Crippen molar-refractivity contribution in [1.29, 1.82) is 0 Å². The molecule has 0 N–H and O–H groups in total.